The van der Waals surface area contributed by atoms with E-state index in [2.05, 4.69) is 32.7 Å². The second-order valence-corrected chi connectivity index (χ2v) is 5.32. The molecule has 0 atom stereocenters. The first kappa shape index (κ1) is 11.2. The zero-order chi connectivity index (χ0) is 10.8. The highest BCUT2D eigenvalue weighted by molar-refractivity contribution is 5.93. The first-order valence-corrected chi connectivity index (χ1v) is 5.04. The van der Waals surface area contributed by atoms with Crippen molar-refractivity contribution in [3.8, 4) is 0 Å². The molecule has 0 spiro atoms. The van der Waals surface area contributed by atoms with E-state index in [0.717, 1.165) is 19.3 Å². The van der Waals surface area contributed by atoms with Gasteiger partial charge >= 0.3 is 0 Å². The summed E-state index contributed by atoms with van der Waals surface area (Å²) in [6, 6.07) is 0. The van der Waals surface area contributed by atoms with E-state index < -0.39 is 0 Å². The van der Waals surface area contributed by atoms with Crippen molar-refractivity contribution >= 4 is 12.0 Å². The largest absolute Gasteiger partial charge is 0.299 e. The minimum Gasteiger partial charge on any atom is -0.299 e. The number of nitrogens with zero attached hydrogens (tertiary/aromatic N) is 1. The van der Waals surface area contributed by atoms with E-state index >= 15 is 0 Å². The summed E-state index contributed by atoms with van der Waals surface area (Å²) in [5.41, 5.74) is 1.43. The van der Waals surface area contributed by atoms with Gasteiger partial charge in [0, 0.05) is 17.7 Å². The Morgan fingerprint density at radius 3 is 2.50 bits per heavy atom. The van der Waals surface area contributed by atoms with Gasteiger partial charge in [-0.15, -0.1) is 0 Å². The molecule has 78 valence electrons. The van der Waals surface area contributed by atoms with E-state index in [1.807, 2.05) is 6.08 Å². The molecule has 0 saturated heterocycles. The summed E-state index contributed by atoms with van der Waals surface area (Å²) in [6.07, 6.45) is 5.35. The zero-order valence-electron chi connectivity index (χ0n) is 9.50. The van der Waals surface area contributed by atoms with Crippen LogP contribution >= 0.6 is 0 Å². The van der Waals surface area contributed by atoms with E-state index in [1.54, 1.807) is 6.08 Å². The highest BCUT2D eigenvalue weighted by Crippen LogP contribution is 2.35. The number of hydrogen-bond donors (Lipinski definition) is 0. The molecule has 0 amide bonds. The molecule has 0 aliphatic carbocycles. The molecule has 0 N–H and O–H groups in total. The predicted molar refractivity (Wildman–Crippen MR) is 59.7 cm³/mol. The number of hydrogen-bond acceptors (Lipinski definition) is 2. The van der Waals surface area contributed by atoms with Crippen LogP contribution in [0.15, 0.2) is 17.1 Å². The van der Waals surface area contributed by atoms with Crippen molar-refractivity contribution in [2.24, 2.45) is 15.8 Å². The molecule has 0 aromatic rings. The number of aliphatic imine (C=N–C) groups is 1. The first-order chi connectivity index (χ1) is 6.37. The van der Waals surface area contributed by atoms with Crippen LogP contribution in [0.1, 0.15) is 34.1 Å². The number of allylic oxidation sites excluding steroid dienone is 2. The van der Waals surface area contributed by atoms with Gasteiger partial charge in [-0.05, 0) is 17.9 Å². The van der Waals surface area contributed by atoms with Crippen LogP contribution in [0.5, 0.6) is 0 Å². The Bertz CT molecular complexity index is 285. The Morgan fingerprint density at radius 2 is 2.07 bits per heavy atom. The molecule has 0 fully saturated rings. The maximum Gasteiger partial charge on any atom is 0.142 e. The highest BCUT2D eigenvalue weighted by atomic mass is 16.1. The van der Waals surface area contributed by atoms with Gasteiger partial charge in [-0.1, -0.05) is 33.8 Å². The Hall–Kier alpha value is -0.920. The molecule has 0 unspecified atom stereocenters. The lowest BCUT2D eigenvalue weighted by Crippen LogP contribution is -2.23. The normalized spacial score (nSPS) is 21.3. The zero-order valence-corrected chi connectivity index (χ0v) is 9.50. The fraction of sp³-hybridized carbons (Fsp3) is 0.667. The summed E-state index contributed by atoms with van der Waals surface area (Å²) in [5, 5.41) is 0. The fourth-order valence-electron chi connectivity index (χ4n) is 1.68. The van der Waals surface area contributed by atoms with Crippen molar-refractivity contribution in [1.29, 1.82) is 0 Å². The first-order valence-electron chi connectivity index (χ1n) is 5.04. The van der Waals surface area contributed by atoms with E-state index in [1.165, 1.54) is 5.71 Å². The average Bonchev–Trinajstić information content (AvgIpc) is 2.43. The lowest BCUT2D eigenvalue weighted by atomic mass is 9.80. The van der Waals surface area contributed by atoms with Crippen LogP contribution in [-0.2, 0) is 4.79 Å². The summed E-state index contributed by atoms with van der Waals surface area (Å²) < 4.78 is 0. The minimum atomic E-state index is -0.0747. The predicted octanol–water partition coefficient (Wildman–Crippen LogP) is 2.64. The highest BCUT2D eigenvalue weighted by Gasteiger charge is 2.33. The van der Waals surface area contributed by atoms with Crippen molar-refractivity contribution in [3.05, 3.63) is 12.2 Å². The lowest BCUT2D eigenvalue weighted by molar-refractivity contribution is -0.104. The van der Waals surface area contributed by atoms with Gasteiger partial charge in [-0.3, -0.25) is 9.79 Å². The smallest absolute Gasteiger partial charge is 0.142 e. The Labute approximate surface area is 86.1 Å². The van der Waals surface area contributed by atoms with Gasteiger partial charge in [0.2, 0.25) is 0 Å². The monoisotopic (exact) mass is 193 g/mol. The number of carbonyl (C=O) groups excluding carboxylic acids is 1. The van der Waals surface area contributed by atoms with Gasteiger partial charge < -0.3 is 0 Å². The second-order valence-electron chi connectivity index (χ2n) is 5.32. The second kappa shape index (κ2) is 3.68. The van der Waals surface area contributed by atoms with E-state index in [9.17, 15) is 4.79 Å². The number of carbonyl (C=O) groups is 1. The molecule has 2 nitrogen and oxygen atoms in total. The van der Waals surface area contributed by atoms with Gasteiger partial charge in [0.25, 0.3) is 0 Å². The molecule has 0 radical (unpaired) electrons. The van der Waals surface area contributed by atoms with Gasteiger partial charge in [-0.25, -0.2) is 0 Å². The molecule has 1 heterocycles. The van der Waals surface area contributed by atoms with E-state index in [4.69, 9.17) is 0 Å². The quantitative estimate of drug-likeness (QED) is 0.500. The maximum absolute atomic E-state index is 10.3. The summed E-state index contributed by atoms with van der Waals surface area (Å²) in [5.74, 6) is 0. The van der Waals surface area contributed by atoms with Gasteiger partial charge in [-0.2, -0.15) is 0 Å². The summed E-state index contributed by atoms with van der Waals surface area (Å²) >= 11 is 0. The molecule has 1 rings (SSSR count). The summed E-state index contributed by atoms with van der Waals surface area (Å²) in [7, 11) is 0. The molecule has 1 aliphatic heterocycles. The molecule has 0 aromatic heterocycles. The van der Waals surface area contributed by atoms with Crippen LogP contribution in [-0.4, -0.2) is 18.5 Å². The van der Waals surface area contributed by atoms with Crippen LogP contribution in [0.3, 0.4) is 0 Å². The molecular weight excluding hydrogens is 174 g/mol. The van der Waals surface area contributed by atoms with Crippen molar-refractivity contribution in [1.82, 2.24) is 0 Å². The Kier molecular flexibility index (Phi) is 2.93. The molecule has 1 aliphatic rings. The van der Waals surface area contributed by atoms with Gasteiger partial charge in [0.1, 0.15) is 6.29 Å². The van der Waals surface area contributed by atoms with Crippen LogP contribution in [0.2, 0.25) is 0 Å². The maximum atomic E-state index is 10.3. The van der Waals surface area contributed by atoms with Crippen LogP contribution in [0, 0.1) is 10.8 Å². The van der Waals surface area contributed by atoms with Crippen LogP contribution < -0.4 is 0 Å². The van der Waals surface area contributed by atoms with Crippen LogP contribution in [0.4, 0.5) is 0 Å². The van der Waals surface area contributed by atoms with Crippen molar-refractivity contribution in [2.75, 3.05) is 6.54 Å². The third kappa shape index (κ3) is 2.53. The Balaban J connectivity index is 2.75. The molecule has 0 bridgehead atoms. The minimum absolute atomic E-state index is 0.0747. The standard InChI is InChI=1S/C12H19NO/c1-11(2)8-10(13-9-11)12(3,4)6-5-7-14/h5-7H,8-9H2,1-4H3/b6-5+. The number of rotatable bonds is 3. The SMILES string of the molecule is CC1(C)CN=C(C(C)(C)/C=C/C=O)C1. The fourth-order valence-corrected chi connectivity index (χ4v) is 1.68. The van der Waals surface area contributed by atoms with Crippen molar-refractivity contribution in [2.45, 2.75) is 34.1 Å². The van der Waals surface area contributed by atoms with Gasteiger partial charge in [0.15, 0.2) is 0 Å². The van der Waals surface area contributed by atoms with Crippen molar-refractivity contribution < 1.29 is 4.79 Å². The van der Waals surface area contributed by atoms with Gasteiger partial charge in [0.05, 0.1) is 0 Å². The summed E-state index contributed by atoms with van der Waals surface area (Å²) in [6.45, 7) is 9.56. The molecule has 0 saturated carbocycles. The average molecular weight is 193 g/mol. The topological polar surface area (TPSA) is 29.4 Å². The molecule has 14 heavy (non-hydrogen) atoms. The van der Waals surface area contributed by atoms with Crippen LogP contribution in [0.25, 0.3) is 0 Å². The summed E-state index contributed by atoms with van der Waals surface area (Å²) in [4.78, 5) is 14.8. The third-order valence-corrected chi connectivity index (χ3v) is 2.68. The number of aldehydes is 1. The molecular formula is C12H19NO. The van der Waals surface area contributed by atoms with Crippen molar-refractivity contribution in [3.63, 3.8) is 0 Å². The van der Waals surface area contributed by atoms with E-state index in [-0.39, 0.29) is 5.41 Å². The van der Waals surface area contributed by atoms with E-state index in [0.29, 0.717) is 5.41 Å². The lowest BCUT2D eigenvalue weighted by Gasteiger charge is -2.23. The third-order valence-electron chi connectivity index (χ3n) is 2.68. The molecule has 2 heteroatoms. The molecule has 0 aromatic carbocycles. The Morgan fingerprint density at radius 1 is 1.43 bits per heavy atom.